The first kappa shape index (κ1) is 16.9. The second-order valence-corrected chi connectivity index (χ2v) is 18.6. The molecule has 2 nitrogen and oxygen atoms in total. The van der Waals surface area contributed by atoms with E-state index < -0.39 is 21.2 Å². The van der Waals surface area contributed by atoms with Gasteiger partial charge in [0.1, 0.15) is 0 Å². The number of allylic oxidation sites excluding steroid dienone is 1. The molecule has 22 heavy (non-hydrogen) atoms. The zero-order valence-corrected chi connectivity index (χ0v) is 16.0. The molecule has 0 fully saturated rings. The third-order valence-electron chi connectivity index (χ3n) is 3.30. The fourth-order valence-electron chi connectivity index (χ4n) is 2.17. The summed E-state index contributed by atoms with van der Waals surface area (Å²) in [7, 11) is -1.21. The zero-order chi connectivity index (χ0) is 16.2. The van der Waals surface area contributed by atoms with Crippen molar-refractivity contribution in [3.05, 3.63) is 65.1 Å². The van der Waals surface area contributed by atoms with E-state index in [1.54, 1.807) is 0 Å². The normalized spacial score (nSPS) is 11.1. The minimum absolute atomic E-state index is 0.0325. The van der Waals surface area contributed by atoms with Gasteiger partial charge in [-0.1, -0.05) is 0 Å². The summed E-state index contributed by atoms with van der Waals surface area (Å²) in [5, 5.41) is 1.96. The van der Waals surface area contributed by atoms with Crippen LogP contribution in [0.4, 0.5) is 0 Å². The summed E-state index contributed by atoms with van der Waals surface area (Å²) in [6, 6.07) is 19.5. The molecule has 0 radical (unpaired) electrons. The summed E-state index contributed by atoms with van der Waals surface area (Å²) in [5.74, 6) is 8.15. The van der Waals surface area contributed by atoms with Gasteiger partial charge in [-0.3, -0.25) is 0 Å². The number of carbonyl (C=O) groups is 1. The SMILES string of the molecule is [CH3][Ge]([CH3])([CH3])[C](=C=O)C(=O)P(c1ccccc1)c1ccccc1. The second kappa shape index (κ2) is 7.20. The van der Waals surface area contributed by atoms with Crippen molar-refractivity contribution in [2.75, 3.05) is 0 Å². The molecule has 0 spiro atoms. The Kier molecular flexibility index (Phi) is 5.53. The van der Waals surface area contributed by atoms with Crippen LogP contribution in [0.25, 0.3) is 0 Å². The monoisotopic (exact) mass is 372 g/mol. The van der Waals surface area contributed by atoms with Crippen molar-refractivity contribution in [1.29, 1.82) is 0 Å². The van der Waals surface area contributed by atoms with Crippen LogP contribution in [0.3, 0.4) is 0 Å². The van der Waals surface area contributed by atoms with Gasteiger partial charge < -0.3 is 0 Å². The van der Waals surface area contributed by atoms with Crippen molar-refractivity contribution >= 4 is 43.3 Å². The Morgan fingerprint density at radius 2 is 1.27 bits per heavy atom. The van der Waals surface area contributed by atoms with E-state index in [0.717, 1.165) is 10.6 Å². The summed E-state index contributed by atoms with van der Waals surface area (Å²) in [6.45, 7) is 0. The predicted molar refractivity (Wildman–Crippen MR) is 96.6 cm³/mol. The fraction of sp³-hybridized carbons (Fsp3) is 0.167. The second-order valence-electron chi connectivity index (χ2n) is 6.04. The first-order valence-electron chi connectivity index (χ1n) is 7.15. The summed E-state index contributed by atoms with van der Waals surface area (Å²) in [5.41, 5.74) is -0.0325. The molecule has 2 aromatic rings. The molecule has 0 aromatic heterocycles. The minimum atomic E-state index is -2.55. The summed E-state index contributed by atoms with van der Waals surface area (Å²) < 4.78 is 0.416. The molecule has 112 valence electrons. The van der Waals surface area contributed by atoms with E-state index in [-0.39, 0.29) is 5.52 Å². The van der Waals surface area contributed by atoms with Crippen molar-refractivity contribution in [3.8, 4) is 0 Å². The van der Waals surface area contributed by atoms with E-state index in [4.69, 9.17) is 0 Å². The molecule has 0 atom stereocenters. The first-order chi connectivity index (χ1) is 10.4. The van der Waals surface area contributed by atoms with E-state index in [1.165, 1.54) is 0 Å². The molecule has 0 aliphatic carbocycles. The molecule has 0 aliphatic heterocycles. The molecule has 4 heteroatoms. The van der Waals surface area contributed by atoms with Crippen LogP contribution in [0.15, 0.2) is 65.1 Å². The Balaban J connectivity index is 2.56. The Labute approximate surface area is 135 Å². The van der Waals surface area contributed by atoms with E-state index in [0.29, 0.717) is 4.41 Å². The van der Waals surface area contributed by atoms with Crippen LogP contribution in [0.2, 0.25) is 17.3 Å². The van der Waals surface area contributed by atoms with Crippen molar-refractivity contribution in [1.82, 2.24) is 0 Å². The number of hydrogen-bond acceptors (Lipinski definition) is 2. The Bertz CT molecular complexity index is 659. The summed E-state index contributed by atoms with van der Waals surface area (Å²) in [6.07, 6.45) is 0. The van der Waals surface area contributed by atoms with Gasteiger partial charge in [-0.2, -0.15) is 0 Å². The Hall–Kier alpha value is -1.47. The number of rotatable bonds is 5. The van der Waals surface area contributed by atoms with E-state index in [1.807, 2.05) is 66.6 Å². The van der Waals surface area contributed by atoms with Crippen molar-refractivity contribution in [2.45, 2.75) is 17.3 Å². The molecule has 0 bridgehead atoms. The number of benzene rings is 2. The van der Waals surface area contributed by atoms with Gasteiger partial charge in [-0.15, -0.1) is 0 Å². The van der Waals surface area contributed by atoms with Crippen LogP contribution in [0.1, 0.15) is 0 Å². The molecular formula is C18H19GeO2P. The molecule has 0 unspecified atom stereocenters. The number of carbonyl (C=O) groups excluding carboxylic acids is 2. The van der Waals surface area contributed by atoms with Gasteiger partial charge in [0.25, 0.3) is 0 Å². The molecule has 0 saturated heterocycles. The van der Waals surface area contributed by atoms with Gasteiger partial charge in [-0.05, 0) is 0 Å². The topological polar surface area (TPSA) is 34.1 Å². The molecule has 2 rings (SSSR count). The van der Waals surface area contributed by atoms with Crippen LogP contribution in [0, 0.1) is 0 Å². The zero-order valence-electron chi connectivity index (χ0n) is 13.0. The molecule has 2 aromatic carbocycles. The standard InChI is InChI=1S/C18H19GeO2P/c1-19(2,3)17(14-20)18(21)22(15-10-6-4-7-11-15)16-12-8-5-9-13-16/h4-13H,1-3H3. The van der Waals surface area contributed by atoms with Crippen molar-refractivity contribution in [3.63, 3.8) is 0 Å². The van der Waals surface area contributed by atoms with Gasteiger partial charge in [0.05, 0.1) is 0 Å². The predicted octanol–water partition coefficient (Wildman–Crippen LogP) is 3.28. The van der Waals surface area contributed by atoms with Gasteiger partial charge in [-0.25, -0.2) is 0 Å². The van der Waals surface area contributed by atoms with Gasteiger partial charge in [0, 0.05) is 0 Å². The van der Waals surface area contributed by atoms with Gasteiger partial charge in [0.2, 0.25) is 0 Å². The third-order valence-corrected chi connectivity index (χ3v) is 9.84. The van der Waals surface area contributed by atoms with Crippen LogP contribution < -0.4 is 10.6 Å². The molecule has 0 saturated carbocycles. The first-order valence-corrected chi connectivity index (χ1v) is 15.8. The average molecular weight is 371 g/mol. The fourth-order valence-corrected chi connectivity index (χ4v) is 8.58. The van der Waals surface area contributed by atoms with Gasteiger partial charge in [0.15, 0.2) is 0 Å². The average Bonchev–Trinajstić information content (AvgIpc) is 2.49. The quantitative estimate of drug-likeness (QED) is 0.350. The van der Waals surface area contributed by atoms with Crippen molar-refractivity contribution < 1.29 is 9.59 Å². The molecule has 0 N–H and O–H groups in total. The van der Waals surface area contributed by atoms with E-state index >= 15 is 0 Å². The molecule has 0 heterocycles. The summed E-state index contributed by atoms with van der Waals surface area (Å²) >= 11 is -2.55. The Morgan fingerprint density at radius 1 is 0.864 bits per heavy atom. The van der Waals surface area contributed by atoms with Gasteiger partial charge >= 0.3 is 135 Å². The van der Waals surface area contributed by atoms with Crippen LogP contribution >= 0.6 is 7.92 Å². The van der Waals surface area contributed by atoms with Crippen molar-refractivity contribution in [2.24, 2.45) is 0 Å². The Morgan fingerprint density at radius 3 is 1.59 bits per heavy atom. The maximum absolute atomic E-state index is 13.1. The van der Waals surface area contributed by atoms with E-state index in [2.05, 4.69) is 17.3 Å². The van der Waals surface area contributed by atoms with Crippen LogP contribution in [0.5, 0.6) is 0 Å². The molecular weight excluding hydrogens is 352 g/mol. The van der Waals surface area contributed by atoms with Crippen LogP contribution in [-0.2, 0) is 9.59 Å². The number of hydrogen-bond donors (Lipinski definition) is 0. The van der Waals surface area contributed by atoms with E-state index in [9.17, 15) is 9.59 Å². The maximum atomic E-state index is 13.1. The third kappa shape index (κ3) is 3.84. The van der Waals surface area contributed by atoms with Crippen LogP contribution in [-0.4, -0.2) is 24.7 Å². The molecule has 0 amide bonds. The molecule has 0 aliphatic rings. The summed E-state index contributed by atoms with van der Waals surface area (Å²) in [4.78, 5) is 24.5.